The van der Waals surface area contributed by atoms with Crippen LogP contribution in [0.15, 0.2) is 48.5 Å². The molecule has 2 aromatic heterocycles. The average Bonchev–Trinajstić information content (AvgIpc) is 3.33. The second-order valence-electron chi connectivity index (χ2n) is 10.7. The van der Waals surface area contributed by atoms with E-state index in [4.69, 9.17) is 46.4 Å². The molecule has 1 aliphatic rings. The Balaban J connectivity index is 1.71. The van der Waals surface area contributed by atoms with Crippen molar-refractivity contribution in [1.82, 2.24) is 9.13 Å². The number of rotatable bonds is 4. The lowest BCUT2D eigenvalue weighted by atomic mass is 9.63. The monoisotopic (exact) mass is 572 g/mol. The molecule has 6 heteroatoms. The van der Waals surface area contributed by atoms with Crippen molar-refractivity contribution in [2.75, 3.05) is 0 Å². The van der Waals surface area contributed by atoms with E-state index in [1.165, 1.54) is 46.7 Å². The van der Waals surface area contributed by atoms with Gasteiger partial charge in [0.25, 0.3) is 0 Å². The summed E-state index contributed by atoms with van der Waals surface area (Å²) in [5, 5.41) is 2.28. The van der Waals surface area contributed by atoms with Gasteiger partial charge in [-0.3, -0.25) is 0 Å². The first kappa shape index (κ1) is 26.8. The predicted molar refractivity (Wildman–Crippen MR) is 159 cm³/mol. The molecule has 0 unspecified atom stereocenters. The van der Waals surface area contributed by atoms with E-state index in [0.717, 1.165) is 30.1 Å². The van der Waals surface area contributed by atoms with Gasteiger partial charge in [0.05, 0.1) is 20.1 Å². The van der Waals surface area contributed by atoms with Crippen LogP contribution in [-0.2, 0) is 5.41 Å². The Labute approximate surface area is 240 Å². The largest absolute Gasteiger partial charge is 0.318 e. The van der Waals surface area contributed by atoms with Gasteiger partial charge in [-0.05, 0) is 119 Å². The minimum atomic E-state index is -0.0703. The van der Waals surface area contributed by atoms with E-state index < -0.39 is 0 Å². The molecule has 0 aliphatic heterocycles. The number of halogens is 4. The number of hydrogen-bond acceptors (Lipinski definition) is 0. The summed E-state index contributed by atoms with van der Waals surface area (Å²) in [6, 6.07) is 16.5. The molecule has 5 rings (SSSR count). The third-order valence-corrected chi connectivity index (χ3v) is 9.82. The van der Waals surface area contributed by atoms with Crippen LogP contribution in [0.1, 0.15) is 66.5 Å². The van der Waals surface area contributed by atoms with Gasteiger partial charge in [-0.2, -0.15) is 0 Å². The third-order valence-electron chi connectivity index (χ3n) is 8.34. The molecule has 0 saturated heterocycles. The van der Waals surface area contributed by atoms with Crippen molar-refractivity contribution < 1.29 is 0 Å². The molecule has 0 N–H and O–H groups in total. The van der Waals surface area contributed by atoms with E-state index in [2.05, 4.69) is 55.9 Å². The minimum absolute atomic E-state index is 0.0703. The quantitative estimate of drug-likeness (QED) is 0.230. The lowest BCUT2D eigenvalue weighted by Gasteiger charge is -2.40. The maximum atomic E-state index is 6.42. The fourth-order valence-corrected chi connectivity index (χ4v) is 7.06. The molecule has 0 radical (unpaired) electrons. The average molecular weight is 574 g/mol. The van der Waals surface area contributed by atoms with Gasteiger partial charge >= 0.3 is 0 Å². The summed E-state index contributed by atoms with van der Waals surface area (Å²) in [5.41, 5.74) is 9.71. The lowest BCUT2D eigenvalue weighted by Crippen LogP contribution is -2.33. The molecule has 1 fully saturated rings. The van der Waals surface area contributed by atoms with Crippen LogP contribution in [0.25, 0.3) is 11.4 Å². The standard InChI is InChI=1S/C31H32Cl4N2/c1-18-10-12-31(13-11-18,25-14-19(2)36(21(25)4)23-6-8-27(32)29(34)16-23)26-15-20(3)37(22(26)5)24-7-9-28(33)30(35)17-24/h6-9,14-18H,10-13H2,1-5H3. The summed E-state index contributed by atoms with van der Waals surface area (Å²) in [4.78, 5) is 0. The summed E-state index contributed by atoms with van der Waals surface area (Å²) in [6.07, 6.45) is 4.64. The molecule has 1 aliphatic carbocycles. The number of hydrogen-bond donors (Lipinski definition) is 0. The number of aryl methyl sites for hydroxylation is 2. The van der Waals surface area contributed by atoms with E-state index in [9.17, 15) is 0 Å². The highest BCUT2D eigenvalue weighted by molar-refractivity contribution is 6.42. The SMILES string of the molecule is Cc1cc(C2(c3cc(C)n(-c4ccc(Cl)c(Cl)c4)c3C)CCC(C)CC2)c(C)n1-c1ccc(Cl)c(Cl)c1. The molecule has 4 aromatic rings. The van der Waals surface area contributed by atoms with Crippen LogP contribution in [-0.4, -0.2) is 9.13 Å². The first-order chi connectivity index (χ1) is 17.5. The highest BCUT2D eigenvalue weighted by atomic mass is 35.5. The van der Waals surface area contributed by atoms with Crippen LogP contribution in [0, 0.1) is 33.6 Å². The molecule has 0 atom stereocenters. The normalized spacial score (nSPS) is 15.9. The summed E-state index contributed by atoms with van der Waals surface area (Å²) < 4.78 is 4.63. The van der Waals surface area contributed by atoms with Crippen LogP contribution < -0.4 is 0 Å². The van der Waals surface area contributed by atoms with Crippen LogP contribution in [0.4, 0.5) is 0 Å². The second-order valence-corrected chi connectivity index (χ2v) is 12.3. The van der Waals surface area contributed by atoms with Gasteiger partial charge in [0.15, 0.2) is 0 Å². The van der Waals surface area contributed by atoms with Crippen LogP contribution in [0.5, 0.6) is 0 Å². The van der Waals surface area contributed by atoms with Crippen LogP contribution in [0.2, 0.25) is 20.1 Å². The van der Waals surface area contributed by atoms with Gasteiger partial charge in [0, 0.05) is 39.6 Å². The zero-order valence-corrected chi connectivity index (χ0v) is 25.0. The van der Waals surface area contributed by atoms with E-state index in [1.807, 2.05) is 36.4 Å². The first-order valence-corrected chi connectivity index (χ1v) is 14.3. The van der Waals surface area contributed by atoms with Gasteiger partial charge in [0.1, 0.15) is 0 Å². The molecule has 0 spiro atoms. The number of nitrogens with zero attached hydrogens (tertiary/aromatic N) is 2. The molecule has 1 saturated carbocycles. The zero-order chi connectivity index (χ0) is 26.6. The van der Waals surface area contributed by atoms with E-state index in [0.29, 0.717) is 20.1 Å². The highest BCUT2D eigenvalue weighted by Gasteiger charge is 2.42. The summed E-state index contributed by atoms with van der Waals surface area (Å²) >= 11 is 25.3. The Morgan fingerprint density at radius 2 is 1.03 bits per heavy atom. The first-order valence-electron chi connectivity index (χ1n) is 12.8. The summed E-state index contributed by atoms with van der Waals surface area (Å²) in [7, 11) is 0. The maximum absolute atomic E-state index is 6.42. The predicted octanol–water partition coefficient (Wildman–Crippen LogP) is 10.6. The lowest BCUT2D eigenvalue weighted by molar-refractivity contribution is 0.278. The van der Waals surface area contributed by atoms with E-state index in [1.54, 1.807) is 0 Å². The van der Waals surface area contributed by atoms with Crippen molar-refractivity contribution in [2.24, 2.45) is 5.92 Å². The molecule has 0 bridgehead atoms. The van der Waals surface area contributed by atoms with E-state index in [-0.39, 0.29) is 5.41 Å². The Bertz CT molecular complexity index is 1380. The molecule has 194 valence electrons. The molecule has 0 amide bonds. The molecule has 2 aromatic carbocycles. The fourth-order valence-electron chi connectivity index (χ4n) is 6.48. The molecular weight excluding hydrogens is 542 g/mol. The fraction of sp³-hybridized carbons (Fsp3) is 0.355. The third kappa shape index (κ3) is 4.55. The summed E-state index contributed by atoms with van der Waals surface area (Å²) in [6.45, 7) is 11.2. The Kier molecular flexibility index (Phi) is 7.26. The van der Waals surface area contributed by atoms with Crippen molar-refractivity contribution in [3.05, 3.63) is 103 Å². The Morgan fingerprint density at radius 3 is 1.41 bits per heavy atom. The van der Waals surface area contributed by atoms with Crippen molar-refractivity contribution in [3.8, 4) is 11.4 Å². The van der Waals surface area contributed by atoms with Crippen molar-refractivity contribution >= 4 is 46.4 Å². The summed E-state index contributed by atoms with van der Waals surface area (Å²) in [5.74, 6) is 0.727. The highest BCUT2D eigenvalue weighted by Crippen LogP contribution is 2.50. The zero-order valence-electron chi connectivity index (χ0n) is 21.9. The van der Waals surface area contributed by atoms with Gasteiger partial charge in [0.2, 0.25) is 0 Å². The van der Waals surface area contributed by atoms with E-state index >= 15 is 0 Å². The van der Waals surface area contributed by atoms with Gasteiger partial charge in [-0.25, -0.2) is 0 Å². The number of aromatic nitrogens is 2. The minimum Gasteiger partial charge on any atom is -0.318 e. The molecule has 2 heterocycles. The van der Waals surface area contributed by atoms with Crippen molar-refractivity contribution in [3.63, 3.8) is 0 Å². The molecule has 2 nitrogen and oxygen atoms in total. The van der Waals surface area contributed by atoms with Crippen molar-refractivity contribution in [1.29, 1.82) is 0 Å². The Morgan fingerprint density at radius 1 is 0.622 bits per heavy atom. The molecule has 37 heavy (non-hydrogen) atoms. The van der Waals surface area contributed by atoms with Gasteiger partial charge in [-0.1, -0.05) is 53.3 Å². The van der Waals surface area contributed by atoms with Gasteiger partial charge in [-0.15, -0.1) is 0 Å². The van der Waals surface area contributed by atoms with Gasteiger partial charge < -0.3 is 9.13 Å². The topological polar surface area (TPSA) is 9.86 Å². The Hall–Kier alpha value is -1.84. The van der Waals surface area contributed by atoms with Crippen LogP contribution >= 0.6 is 46.4 Å². The van der Waals surface area contributed by atoms with Crippen molar-refractivity contribution in [2.45, 2.75) is 65.7 Å². The number of benzene rings is 2. The maximum Gasteiger partial charge on any atom is 0.0613 e. The smallest absolute Gasteiger partial charge is 0.0613 e. The van der Waals surface area contributed by atoms with Crippen LogP contribution in [0.3, 0.4) is 0 Å². The molecular formula is C31H32Cl4N2. The second kappa shape index (κ2) is 10.0.